The first kappa shape index (κ1) is 17.3. The summed E-state index contributed by atoms with van der Waals surface area (Å²) in [5.41, 5.74) is 4.15. The summed E-state index contributed by atoms with van der Waals surface area (Å²) in [5, 5.41) is 11.8. The highest BCUT2D eigenvalue weighted by molar-refractivity contribution is 5.93. The summed E-state index contributed by atoms with van der Waals surface area (Å²) in [6, 6.07) is 14.3. The second-order valence-corrected chi connectivity index (χ2v) is 4.84. The Labute approximate surface area is 140 Å². The number of benzene rings is 1. The molecule has 124 valence electrons. The number of aromatic nitrogens is 1. The third kappa shape index (κ3) is 4.24. The molecule has 5 heteroatoms. The Morgan fingerprint density at radius 1 is 1.21 bits per heavy atom. The first-order chi connectivity index (χ1) is 11.7. The van der Waals surface area contributed by atoms with E-state index in [4.69, 9.17) is 4.74 Å². The first-order valence-electron chi connectivity index (χ1n) is 7.52. The predicted molar refractivity (Wildman–Crippen MR) is 87.5 cm³/mol. The van der Waals surface area contributed by atoms with Gasteiger partial charge < -0.3 is 14.6 Å². The first-order valence-corrected chi connectivity index (χ1v) is 7.52. The van der Waals surface area contributed by atoms with Crippen LogP contribution in [-0.4, -0.2) is 24.7 Å². The van der Waals surface area contributed by atoms with Crippen LogP contribution >= 0.6 is 0 Å². The third-order valence-electron chi connectivity index (χ3n) is 3.30. The van der Waals surface area contributed by atoms with Crippen molar-refractivity contribution in [2.75, 3.05) is 13.7 Å². The van der Waals surface area contributed by atoms with E-state index in [1.807, 2.05) is 18.2 Å². The van der Waals surface area contributed by atoms with Crippen molar-refractivity contribution in [1.82, 2.24) is 4.98 Å². The summed E-state index contributed by atoms with van der Waals surface area (Å²) < 4.78 is 9.87. The van der Waals surface area contributed by atoms with Gasteiger partial charge in [0.25, 0.3) is 0 Å². The van der Waals surface area contributed by atoms with Crippen molar-refractivity contribution in [3.05, 3.63) is 77.7 Å². The van der Waals surface area contributed by atoms with Crippen LogP contribution in [0.3, 0.4) is 0 Å². The maximum absolute atomic E-state index is 12.6. The monoisotopic (exact) mass is 324 g/mol. The SMILES string of the molecule is CCOC(=O)C(C(=C=C([O-])OC)c1ccccc1)c1ccccn1. The number of methoxy groups -OCH3 is 1. The number of ether oxygens (including phenoxy) is 2. The third-order valence-corrected chi connectivity index (χ3v) is 3.30. The molecule has 0 fully saturated rings. The number of pyridine rings is 1. The molecule has 5 nitrogen and oxygen atoms in total. The molecule has 2 rings (SSSR count). The van der Waals surface area contributed by atoms with Gasteiger partial charge in [0.05, 0.1) is 18.2 Å². The van der Waals surface area contributed by atoms with E-state index < -0.39 is 17.8 Å². The summed E-state index contributed by atoms with van der Waals surface area (Å²) in [4.78, 5) is 16.8. The average Bonchev–Trinajstić information content (AvgIpc) is 2.63. The van der Waals surface area contributed by atoms with Gasteiger partial charge in [0.2, 0.25) is 0 Å². The van der Waals surface area contributed by atoms with Gasteiger partial charge in [0.15, 0.2) is 0 Å². The molecular formula is C19H18NO4-. The van der Waals surface area contributed by atoms with Crippen LogP contribution in [0.4, 0.5) is 0 Å². The molecule has 0 spiro atoms. The van der Waals surface area contributed by atoms with E-state index in [-0.39, 0.29) is 6.61 Å². The van der Waals surface area contributed by atoms with Crippen LogP contribution in [0.5, 0.6) is 0 Å². The average molecular weight is 324 g/mol. The lowest BCUT2D eigenvalue weighted by atomic mass is 9.90. The van der Waals surface area contributed by atoms with Gasteiger partial charge in [-0.3, -0.25) is 9.78 Å². The minimum absolute atomic E-state index is 0.225. The number of carbonyl (C=O) groups is 1. The van der Waals surface area contributed by atoms with Crippen LogP contribution in [0.2, 0.25) is 0 Å². The van der Waals surface area contributed by atoms with Gasteiger partial charge in [0, 0.05) is 11.8 Å². The lowest BCUT2D eigenvalue weighted by Crippen LogP contribution is -2.19. The molecule has 0 aliphatic heterocycles. The number of hydrogen-bond donors (Lipinski definition) is 0. The summed E-state index contributed by atoms with van der Waals surface area (Å²) in [5.74, 6) is -2.03. The zero-order valence-electron chi connectivity index (χ0n) is 13.6. The van der Waals surface area contributed by atoms with Crippen LogP contribution < -0.4 is 5.11 Å². The number of rotatable bonds is 6. The molecule has 1 aromatic heterocycles. The Balaban J connectivity index is 2.66. The Morgan fingerprint density at radius 3 is 2.50 bits per heavy atom. The highest BCUT2D eigenvalue weighted by Crippen LogP contribution is 2.31. The molecule has 0 radical (unpaired) electrons. The number of nitrogens with zero attached hydrogens (tertiary/aromatic N) is 1. The van der Waals surface area contributed by atoms with E-state index >= 15 is 0 Å². The molecule has 1 unspecified atom stereocenters. The lowest BCUT2D eigenvalue weighted by molar-refractivity contribution is -0.352. The zero-order valence-corrected chi connectivity index (χ0v) is 13.6. The Bertz CT molecular complexity index is 734. The van der Waals surface area contributed by atoms with Crippen molar-refractivity contribution in [2.24, 2.45) is 0 Å². The van der Waals surface area contributed by atoms with Crippen molar-refractivity contribution >= 4 is 11.5 Å². The van der Waals surface area contributed by atoms with Crippen molar-refractivity contribution < 1.29 is 19.4 Å². The Morgan fingerprint density at radius 2 is 1.92 bits per heavy atom. The molecule has 1 heterocycles. The summed E-state index contributed by atoms with van der Waals surface area (Å²) in [6.45, 7) is 1.95. The molecule has 0 aliphatic rings. The second-order valence-electron chi connectivity index (χ2n) is 4.84. The number of esters is 1. The fourth-order valence-electron chi connectivity index (χ4n) is 2.25. The second kappa shape index (κ2) is 8.56. The highest BCUT2D eigenvalue weighted by atomic mass is 16.6. The zero-order chi connectivity index (χ0) is 17.4. The summed E-state index contributed by atoms with van der Waals surface area (Å²) >= 11 is 0. The molecule has 0 saturated carbocycles. The fourth-order valence-corrected chi connectivity index (χ4v) is 2.25. The molecule has 0 bridgehead atoms. The minimum atomic E-state index is -0.868. The van der Waals surface area contributed by atoms with Crippen LogP contribution in [0.15, 0.2) is 66.4 Å². The molecule has 1 aromatic carbocycles. The molecule has 0 aliphatic carbocycles. The van der Waals surface area contributed by atoms with Crippen molar-refractivity contribution in [2.45, 2.75) is 12.8 Å². The van der Waals surface area contributed by atoms with Crippen molar-refractivity contribution in [3.63, 3.8) is 0 Å². The van der Waals surface area contributed by atoms with Gasteiger partial charge in [-0.25, -0.2) is 0 Å². The molecule has 1 atom stereocenters. The summed E-state index contributed by atoms with van der Waals surface area (Å²) in [6.07, 6.45) is 1.59. The highest BCUT2D eigenvalue weighted by Gasteiger charge is 2.28. The molecule has 0 amide bonds. The quantitative estimate of drug-likeness (QED) is 0.463. The van der Waals surface area contributed by atoms with E-state index in [1.54, 1.807) is 43.5 Å². The predicted octanol–water partition coefficient (Wildman–Crippen LogP) is 2.26. The van der Waals surface area contributed by atoms with Crippen molar-refractivity contribution in [1.29, 1.82) is 0 Å². The van der Waals surface area contributed by atoms with Crippen LogP contribution in [-0.2, 0) is 14.3 Å². The van der Waals surface area contributed by atoms with Gasteiger partial charge in [0.1, 0.15) is 5.92 Å². The van der Waals surface area contributed by atoms with E-state index in [0.717, 1.165) is 0 Å². The maximum Gasteiger partial charge on any atom is 0.320 e. The van der Waals surface area contributed by atoms with Gasteiger partial charge in [-0.15, -0.1) is 0 Å². The Hall–Kier alpha value is -3.04. The van der Waals surface area contributed by atoms with Gasteiger partial charge in [-0.1, -0.05) is 42.1 Å². The van der Waals surface area contributed by atoms with Gasteiger partial charge in [-0.05, 0) is 31.7 Å². The fraction of sp³-hybridized carbons (Fsp3) is 0.211. The van der Waals surface area contributed by atoms with Crippen LogP contribution in [0, 0.1) is 0 Å². The van der Waals surface area contributed by atoms with Crippen LogP contribution in [0.25, 0.3) is 5.57 Å². The van der Waals surface area contributed by atoms with Crippen molar-refractivity contribution in [3.8, 4) is 0 Å². The maximum atomic E-state index is 12.6. The van der Waals surface area contributed by atoms with Gasteiger partial charge >= 0.3 is 5.97 Å². The molecular weight excluding hydrogens is 306 g/mol. The van der Waals surface area contributed by atoms with Crippen LogP contribution in [0.1, 0.15) is 24.1 Å². The molecule has 0 saturated heterocycles. The lowest BCUT2D eigenvalue weighted by Gasteiger charge is -2.18. The largest absolute Gasteiger partial charge is 0.611 e. The smallest absolute Gasteiger partial charge is 0.320 e. The number of hydrogen-bond acceptors (Lipinski definition) is 5. The van der Waals surface area contributed by atoms with E-state index in [9.17, 15) is 9.90 Å². The van der Waals surface area contributed by atoms with E-state index in [1.165, 1.54) is 7.11 Å². The standard InChI is InChI=1S/C19H19NO4/c1-3-24-19(22)18(16-11-7-8-12-20-16)15(13-17(21)23-2)14-9-5-4-6-10-14/h4-12,18,21H,3H2,1-2H3/p-1. The number of carbonyl (C=O) groups excluding carboxylic acids is 1. The minimum Gasteiger partial charge on any atom is -0.611 e. The normalized spacial score (nSPS) is 11.1. The molecule has 0 N–H and O–H groups in total. The topological polar surface area (TPSA) is 71.5 Å². The van der Waals surface area contributed by atoms with Gasteiger partial charge in [-0.2, -0.15) is 0 Å². The summed E-state index contributed by atoms with van der Waals surface area (Å²) in [7, 11) is 1.26. The molecule has 24 heavy (non-hydrogen) atoms. The molecule has 2 aromatic rings. The van der Waals surface area contributed by atoms with E-state index in [2.05, 4.69) is 15.5 Å². The Kier molecular flexibility index (Phi) is 6.17. The van der Waals surface area contributed by atoms with E-state index in [0.29, 0.717) is 16.8 Å².